The minimum absolute atomic E-state index is 0.333. The molecule has 1 saturated carbocycles. The van der Waals surface area contributed by atoms with E-state index >= 15 is 0 Å². The van der Waals surface area contributed by atoms with Gasteiger partial charge in [0.15, 0.2) is 5.01 Å². The predicted octanol–water partition coefficient (Wildman–Crippen LogP) is 3.97. The highest BCUT2D eigenvalue weighted by molar-refractivity contribution is 7.12. The summed E-state index contributed by atoms with van der Waals surface area (Å²) >= 11 is 1.27. The van der Waals surface area contributed by atoms with E-state index in [4.69, 9.17) is 10.5 Å². The van der Waals surface area contributed by atoms with E-state index in [9.17, 15) is 4.79 Å². The molecule has 0 bridgehead atoms. The number of ether oxygens (including phenoxy) is 1. The van der Waals surface area contributed by atoms with Crippen molar-refractivity contribution in [2.45, 2.75) is 38.0 Å². The lowest BCUT2D eigenvalue weighted by Crippen LogP contribution is -2.10. The van der Waals surface area contributed by atoms with Gasteiger partial charge in [0.25, 0.3) is 5.91 Å². The lowest BCUT2D eigenvalue weighted by atomic mass is 9.83. The molecule has 1 aromatic carbocycles. The largest absolute Gasteiger partial charge is 0.496 e. The Hall–Kier alpha value is -1.88. The first kappa shape index (κ1) is 15.0. The molecular formula is C17H20N2O2S. The van der Waals surface area contributed by atoms with Crippen molar-refractivity contribution in [3.8, 4) is 17.0 Å². The average Bonchev–Trinajstić information content (AvgIpc) is 3.05. The number of amides is 1. The molecule has 1 aromatic heterocycles. The third-order valence-corrected chi connectivity index (χ3v) is 5.15. The molecule has 1 amide bonds. The molecule has 0 spiro atoms. The Kier molecular flexibility index (Phi) is 4.43. The number of benzene rings is 1. The number of primary amides is 1. The zero-order valence-corrected chi connectivity index (χ0v) is 13.5. The highest BCUT2D eigenvalue weighted by Gasteiger charge is 2.19. The fourth-order valence-electron chi connectivity index (χ4n) is 3.13. The Labute approximate surface area is 134 Å². The molecule has 1 heterocycles. The zero-order valence-electron chi connectivity index (χ0n) is 12.7. The van der Waals surface area contributed by atoms with Gasteiger partial charge in [0, 0.05) is 10.9 Å². The van der Waals surface area contributed by atoms with Crippen LogP contribution in [0.2, 0.25) is 0 Å². The van der Waals surface area contributed by atoms with Gasteiger partial charge in [-0.3, -0.25) is 4.79 Å². The minimum Gasteiger partial charge on any atom is -0.496 e. The number of thiazole rings is 1. The third-order valence-electron chi connectivity index (χ3n) is 4.29. The fourth-order valence-corrected chi connectivity index (χ4v) is 3.80. The van der Waals surface area contributed by atoms with E-state index in [2.05, 4.69) is 17.1 Å². The van der Waals surface area contributed by atoms with Crippen molar-refractivity contribution >= 4 is 17.2 Å². The molecule has 0 saturated heterocycles. The average molecular weight is 316 g/mol. The molecule has 3 rings (SSSR count). The Morgan fingerprint density at radius 1 is 1.32 bits per heavy atom. The number of hydrogen-bond acceptors (Lipinski definition) is 4. The molecule has 2 N–H and O–H groups in total. The number of aromatic nitrogens is 1. The van der Waals surface area contributed by atoms with Gasteiger partial charge < -0.3 is 10.5 Å². The van der Waals surface area contributed by atoms with Gasteiger partial charge in [0.05, 0.1) is 12.8 Å². The molecule has 0 unspecified atom stereocenters. The third kappa shape index (κ3) is 2.99. The molecule has 22 heavy (non-hydrogen) atoms. The van der Waals surface area contributed by atoms with Crippen LogP contribution in [0.4, 0.5) is 0 Å². The second-order valence-corrected chi connectivity index (χ2v) is 6.55. The maximum atomic E-state index is 11.3. The molecule has 5 heteroatoms. The summed E-state index contributed by atoms with van der Waals surface area (Å²) in [7, 11) is 1.65. The van der Waals surface area contributed by atoms with Crippen molar-refractivity contribution in [2.24, 2.45) is 5.73 Å². The lowest BCUT2D eigenvalue weighted by Gasteiger charge is -2.22. The molecule has 2 aromatic rings. The van der Waals surface area contributed by atoms with Crippen LogP contribution in [0.25, 0.3) is 11.3 Å². The molecule has 1 aliphatic rings. The molecule has 4 nitrogen and oxygen atoms in total. The van der Waals surface area contributed by atoms with Crippen LogP contribution in [-0.4, -0.2) is 18.0 Å². The van der Waals surface area contributed by atoms with Crippen LogP contribution in [0.1, 0.15) is 53.4 Å². The fraction of sp³-hybridized carbons (Fsp3) is 0.412. The van der Waals surface area contributed by atoms with Gasteiger partial charge in [-0.2, -0.15) is 0 Å². The second-order valence-electron chi connectivity index (χ2n) is 5.70. The first-order valence-electron chi connectivity index (χ1n) is 7.62. The van der Waals surface area contributed by atoms with Crippen LogP contribution in [0.5, 0.6) is 5.75 Å². The highest BCUT2D eigenvalue weighted by Crippen LogP contribution is 2.38. The minimum atomic E-state index is -0.487. The van der Waals surface area contributed by atoms with E-state index in [1.165, 1.54) is 49.0 Å². The van der Waals surface area contributed by atoms with E-state index in [-0.39, 0.29) is 0 Å². The van der Waals surface area contributed by atoms with Gasteiger partial charge in [-0.15, -0.1) is 11.3 Å². The summed E-state index contributed by atoms with van der Waals surface area (Å²) in [6.45, 7) is 0. The van der Waals surface area contributed by atoms with Crippen molar-refractivity contribution in [1.82, 2.24) is 4.98 Å². The Balaban J connectivity index is 1.98. The van der Waals surface area contributed by atoms with Crippen LogP contribution in [0.15, 0.2) is 23.6 Å². The molecule has 0 aliphatic heterocycles. The van der Waals surface area contributed by atoms with Crippen molar-refractivity contribution in [1.29, 1.82) is 0 Å². The Morgan fingerprint density at radius 3 is 2.73 bits per heavy atom. The highest BCUT2D eigenvalue weighted by atomic mass is 32.1. The maximum absolute atomic E-state index is 11.3. The molecule has 1 aliphatic carbocycles. The van der Waals surface area contributed by atoms with E-state index in [1.54, 1.807) is 7.11 Å². The van der Waals surface area contributed by atoms with Gasteiger partial charge >= 0.3 is 0 Å². The number of hydrogen-bond donors (Lipinski definition) is 1. The second kappa shape index (κ2) is 6.48. The van der Waals surface area contributed by atoms with Crippen molar-refractivity contribution in [3.63, 3.8) is 0 Å². The number of carbonyl (C=O) groups is 1. The van der Waals surface area contributed by atoms with Crippen LogP contribution >= 0.6 is 11.3 Å². The maximum Gasteiger partial charge on any atom is 0.277 e. The molecule has 0 atom stereocenters. The Bertz CT molecular complexity index is 675. The topological polar surface area (TPSA) is 65.2 Å². The summed E-state index contributed by atoms with van der Waals surface area (Å²) in [6, 6.07) is 6.32. The van der Waals surface area contributed by atoms with Crippen LogP contribution in [0, 0.1) is 0 Å². The normalized spacial score (nSPS) is 15.7. The van der Waals surface area contributed by atoms with Crippen molar-refractivity contribution in [2.75, 3.05) is 7.11 Å². The quantitative estimate of drug-likeness (QED) is 0.928. The molecule has 116 valence electrons. The smallest absolute Gasteiger partial charge is 0.277 e. The number of rotatable bonds is 4. The SMILES string of the molecule is COc1ccc(C2CCCCC2)cc1-c1csc(C(N)=O)n1. The van der Waals surface area contributed by atoms with Crippen LogP contribution < -0.4 is 10.5 Å². The predicted molar refractivity (Wildman–Crippen MR) is 88.4 cm³/mol. The first-order valence-corrected chi connectivity index (χ1v) is 8.50. The lowest BCUT2D eigenvalue weighted by molar-refractivity contribution is 0.1000. The molecular weight excluding hydrogens is 296 g/mol. The summed E-state index contributed by atoms with van der Waals surface area (Å²) in [5.41, 5.74) is 8.33. The van der Waals surface area contributed by atoms with Gasteiger partial charge in [-0.1, -0.05) is 25.3 Å². The van der Waals surface area contributed by atoms with E-state index in [0.717, 1.165) is 17.0 Å². The summed E-state index contributed by atoms with van der Waals surface area (Å²) in [5, 5.41) is 2.20. The van der Waals surface area contributed by atoms with E-state index in [0.29, 0.717) is 10.9 Å². The van der Waals surface area contributed by atoms with Gasteiger partial charge in [-0.25, -0.2) is 4.98 Å². The summed E-state index contributed by atoms with van der Waals surface area (Å²) in [6.07, 6.45) is 6.43. The summed E-state index contributed by atoms with van der Waals surface area (Å²) in [4.78, 5) is 15.6. The molecule has 1 fully saturated rings. The van der Waals surface area contributed by atoms with Crippen LogP contribution in [0.3, 0.4) is 0 Å². The number of methoxy groups -OCH3 is 1. The van der Waals surface area contributed by atoms with Crippen molar-refractivity contribution < 1.29 is 9.53 Å². The van der Waals surface area contributed by atoms with Gasteiger partial charge in [-0.05, 0) is 36.5 Å². The summed E-state index contributed by atoms with van der Waals surface area (Å²) < 4.78 is 5.46. The van der Waals surface area contributed by atoms with E-state index < -0.39 is 5.91 Å². The zero-order chi connectivity index (χ0) is 15.5. The van der Waals surface area contributed by atoms with Crippen molar-refractivity contribution in [3.05, 3.63) is 34.2 Å². The van der Waals surface area contributed by atoms with E-state index in [1.807, 2.05) is 11.4 Å². The monoisotopic (exact) mass is 316 g/mol. The van der Waals surface area contributed by atoms with Gasteiger partial charge in [0.2, 0.25) is 0 Å². The Morgan fingerprint density at radius 2 is 2.09 bits per heavy atom. The standard InChI is InChI=1S/C17H20N2O2S/c1-21-15-8-7-12(11-5-3-2-4-6-11)9-13(15)14-10-22-17(19-14)16(18)20/h7-11H,2-6H2,1H3,(H2,18,20). The summed E-state index contributed by atoms with van der Waals surface area (Å²) in [5.74, 6) is 0.909. The molecule has 0 radical (unpaired) electrons. The number of carbonyl (C=O) groups excluding carboxylic acids is 1. The van der Waals surface area contributed by atoms with Crippen LogP contribution in [-0.2, 0) is 0 Å². The number of nitrogens with two attached hydrogens (primary N) is 1. The van der Waals surface area contributed by atoms with Gasteiger partial charge in [0.1, 0.15) is 5.75 Å². The first-order chi connectivity index (χ1) is 10.7. The number of nitrogens with zero attached hydrogens (tertiary/aromatic N) is 1.